The first-order valence-corrected chi connectivity index (χ1v) is 11.3. The maximum absolute atomic E-state index is 12.2. The summed E-state index contributed by atoms with van der Waals surface area (Å²) in [5.74, 6) is 1.21. The second-order valence-electron chi connectivity index (χ2n) is 8.33. The molecule has 1 unspecified atom stereocenters. The lowest BCUT2D eigenvalue weighted by Gasteiger charge is -2.19. The Morgan fingerprint density at radius 3 is 2.42 bits per heavy atom. The molecule has 0 spiro atoms. The molecule has 1 rings (SSSR count). The van der Waals surface area contributed by atoms with Crippen molar-refractivity contribution in [1.82, 2.24) is 20.4 Å². The maximum Gasteiger partial charge on any atom is 0.253 e. The minimum Gasteiger partial charge on any atom is -0.356 e. The molecule has 31 heavy (non-hydrogen) atoms. The number of nitrogens with zero attached hydrogens (tertiary/aromatic N) is 3. The van der Waals surface area contributed by atoms with Crippen molar-refractivity contribution in [1.29, 1.82) is 0 Å². The van der Waals surface area contributed by atoms with Crippen LogP contribution in [-0.4, -0.2) is 75.4 Å². The summed E-state index contributed by atoms with van der Waals surface area (Å²) in [7, 11) is 6.98. The number of likely N-dealkylation sites (N-methyl/N-ethyl adjacent to an activating group) is 1. The zero-order valence-electron chi connectivity index (χ0n) is 20.2. The first-order valence-electron chi connectivity index (χ1n) is 11.3. The molecule has 2 N–H and O–H groups in total. The molecule has 1 atom stereocenters. The minimum absolute atomic E-state index is 0.00129. The third-order valence-corrected chi connectivity index (χ3v) is 5.26. The van der Waals surface area contributed by atoms with E-state index in [1.54, 1.807) is 38.0 Å². The highest BCUT2D eigenvalue weighted by molar-refractivity contribution is 5.94. The van der Waals surface area contributed by atoms with Gasteiger partial charge in [0.15, 0.2) is 5.96 Å². The molecule has 0 saturated heterocycles. The molecule has 0 radical (unpaired) electrons. The molecule has 1 aromatic carbocycles. The Morgan fingerprint density at radius 2 is 1.81 bits per heavy atom. The molecular weight excluding hydrogens is 390 g/mol. The Balaban J connectivity index is 2.72. The summed E-state index contributed by atoms with van der Waals surface area (Å²) in [6.07, 6.45) is 5.48. The molecule has 0 heterocycles. The van der Waals surface area contributed by atoms with Gasteiger partial charge in [0.25, 0.3) is 5.91 Å². The normalized spacial score (nSPS) is 12.3. The molecule has 2 amide bonds. The predicted molar refractivity (Wildman–Crippen MR) is 128 cm³/mol. The molecule has 0 saturated carbocycles. The number of carbonyl (C=O) groups is 2. The molecule has 7 nitrogen and oxygen atoms in total. The number of rotatable bonds is 12. The second kappa shape index (κ2) is 14.4. The van der Waals surface area contributed by atoms with Crippen molar-refractivity contribution in [2.24, 2.45) is 10.9 Å². The molecule has 0 aliphatic heterocycles. The van der Waals surface area contributed by atoms with E-state index >= 15 is 0 Å². The van der Waals surface area contributed by atoms with E-state index in [9.17, 15) is 9.59 Å². The summed E-state index contributed by atoms with van der Waals surface area (Å²) < 4.78 is 0. The number of hydrogen-bond donors (Lipinski definition) is 2. The van der Waals surface area contributed by atoms with E-state index in [1.165, 1.54) is 19.3 Å². The highest BCUT2D eigenvalue weighted by atomic mass is 16.2. The molecule has 0 aliphatic carbocycles. The highest BCUT2D eigenvalue weighted by Crippen LogP contribution is 2.11. The van der Waals surface area contributed by atoms with Crippen molar-refractivity contribution < 1.29 is 9.59 Å². The fraction of sp³-hybridized carbons (Fsp3) is 0.625. The summed E-state index contributed by atoms with van der Waals surface area (Å²) in [5, 5.41) is 6.75. The summed E-state index contributed by atoms with van der Waals surface area (Å²) in [6.45, 7) is 6.03. The van der Waals surface area contributed by atoms with Gasteiger partial charge in [-0.25, -0.2) is 4.99 Å². The number of benzene rings is 1. The zero-order valence-corrected chi connectivity index (χ0v) is 20.2. The van der Waals surface area contributed by atoms with Crippen LogP contribution >= 0.6 is 0 Å². The van der Waals surface area contributed by atoms with Crippen LogP contribution in [0, 0.1) is 5.92 Å². The lowest BCUT2D eigenvalue weighted by molar-refractivity contribution is -0.127. The van der Waals surface area contributed by atoms with Crippen molar-refractivity contribution >= 4 is 17.8 Å². The molecule has 174 valence electrons. The monoisotopic (exact) mass is 431 g/mol. The smallest absolute Gasteiger partial charge is 0.253 e. The molecule has 0 bridgehead atoms. The number of hydrogen-bond acceptors (Lipinski definition) is 3. The van der Waals surface area contributed by atoms with Crippen LogP contribution < -0.4 is 10.6 Å². The predicted octanol–water partition coefficient (Wildman–Crippen LogP) is 2.77. The second-order valence-corrected chi connectivity index (χ2v) is 8.33. The van der Waals surface area contributed by atoms with E-state index in [2.05, 4.69) is 29.5 Å². The van der Waals surface area contributed by atoms with Gasteiger partial charge < -0.3 is 20.4 Å². The fourth-order valence-electron chi connectivity index (χ4n) is 3.09. The number of aliphatic imine (C=N–C) groups is 1. The lowest BCUT2D eigenvalue weighted by atomic mass is 9.99. The van der Waals surface area contributed by atoms with Crippen molar-refractivity contribution in [2.45, 2.75) is 46.0 Å². The molecule has 7 heteroatoms. The van der Waals surface area contributed by atoms with Gasteiger partial charge in [0.1, 0.15) is 6.54 Å². The maximum atomic E-state index is 12.2. The van der Waals surface area contributed by atoms with Crippen LogP contribution in [0.25, 0.3) is 0 Å². The minimum atomic E-state index is -0.0333. The molecule has 0 fully saturated rings. The molecule has 0 aromatic heterocycles. The quantitative estimate of drug-likeness (QED) is 0.394. The van der Waals surface area contributed by atoms with Gasteiger partial charge in [-0.2, -0.15) is 0 Å². The Kier molecular flexibility index (Phi) is 12.3. The van der Waals surface area contributed by atoms with Gasteiger partial charge in [-0.15, -0.1) is 0 Å². The van der Waals surface area contributed by atoms with Gasteiger partial charge in [0.05, 0.1) is 0 Å². The van der Waals surface area contributed by atoms with E-state index in [-0.39, 0.29) is 18.4 Å². The standard InChI is InChI=1S/C24H41N5O2/c1-7-9-11-19(8-2)17-26-24(27-18-22(30)28(3)4)25-15-14-20-12-10-13-21(16-20)23(31)29(5)6/h10,12-13,16,19H,7-9,11,14-15,17-18H2,1-6H3,(H2,25,26,27). The first kappa shape index (κ1) is 26.5. The third-order valence-electron chi connectivity index (χ3n) is 5.26. The average molecular weight is 432 g/mol. The average Bonchev–Trinajstić information content (AvgIpc) is 2.76. The Labute approximate surface area is 188 Å². The number of amides is 2. The van der Waals surface area contributed by atoms with Crippen LogP contribution in [0.3, 0.4) is 0 Å². The number of unbranched alkanes of at least 4 members (excludes halogenated alkanes) is 1. The van der Waals surface area contributed by atoms with Crippen molar-refractivity contribution in [3.05, 3.63) is 35.4 Å². The van der Waals surface area contributed by atoms with E-state index < -0.39 is 0 Å². The molecule has 1 aromatic rings. The lowest BCUT2D eigenvalue weighted by Crippen LogP contribution is -2.41. The van der Waals surface area contributed by atoms with Crippen LogP contribution in [0.15, 0.2) is 29.3 Å². The third kappa shape index (κ3) is 10.3. The van der Waals surface area contributed by atoms with Gasteiger partial charge >= 0.3 is 0 Å². The van der Waals surface area contributed by atoms with Crippen molar-refractivity contribution in [3.63, 3.8) is 0 Å². The van der Waals surface area contributed by atoms with Crippen LogP contribution in [0.5, 0.6) is 0 Å². The van der Waals surface area contributed by atoms with Crippen LogP contribution in [0.1, 0.15) is 55.5 Å². The SMILES string of the molecule is CCCCC(CC)CNC(=NCC(=O)N(C)C)NCCc1cccc(C(=O)N(C)C)c1. The first-order chi connectivity index (χ1) is 14.8. The number of carbonyl (C=O) groups excluding carboxylic acids is 2. The number of nitrogens with one attached hydrogen (secondary N) is 2. The van der Waals surface area contributed by atoms with Crippen LogP contribution in [-0.2, 0) is 11.2 Å². The van der Waals surface area contributed by atoms with E-state index in [4.69, 9.17) is 0 Å². The number of guanidine groups is 1. The van der Waals surface area contributed by atoms with E-state index in [1.807, 2.05) is 24.3 Å². The van der Waals surface area contributed by atoms with Crippen LogP contribution in [0.4, 0.5) is 0 Å². The zero-order chi connectivity index (χ0) is 23.2. The summed E-state index contributed by atoms with van der Waals surface area (Å²) >= 11 is 0. The van der Waals surface area contributed by atoms with E-state index in [0.717, 1.165) is 24.9 Å². The van der Waals surface area contributed by atoms with Gasteiger partial charge in [-0.1, -0.05) is 45.2 Å². The summed E-state index contributed by atoms with van der Waals surface area (Å²) in [6, 6.07) is 7.70. The summed E-state index contributed by atoms with van der Waals surface area (Å²) in [5.41, 5.74) is 1.77. The molecule has 0 aliphatic rings. The Hall–Kier alpha value is -2.57. The van der Waals surface area contributed by atoms with Gasteiger partial charge in [0.2, 0.25) is 5.91 Å². The fourth-order valence-corrected chi connectivity index (χ4v) is 3.09. The van der Waals surface area contributed by atoms with E-state index in [0.29, 0.717) is 24.0 Å². The largest absolute Gasteiger partial charge is 0.356 e. The van der Waals surface area contributed by atoms with Gasteiger partial charge in [0, 0.05) is 46.8 Å². The summed E-state index contributed by atoms with van der Waals surface area (Å²) in [4.78, 5) is 31.7. The Bertz CT molecular complexity index is 716. The highest BCUT2D eigenvalue weighted by Gasteiger charge is 2.10. The Morgan fingerprint density at radius 1 is 1.06 bits per heavy atom. The topological polar surface area (TPSA) is 77.0 Å². The van der Waals surface area contributed by atoms with Crippen molar-refractivity contribution in [2.75, 3.05) is 47.8 Å². The van der Waals surface area contributed by atoms with Crippen LogP contribution in [0.2, 0.25) is 0 Å². The van der Waals surface area contributed by atoms with Gasteiger partial charge in [-0.3, -0.25) is 9.59 Å². The van der Waals surface area contributed by atoms with Crippen molar-refractivity contribution in [3.8, 4) is 0 Å². The molecular formula is C24H41N5O2. The van der Waals surface area contributed by atoms with Gasteiger partial charge in [-0.05, 0) is 36.5 Å².